The lowest BCUT2D eigenvalue weighted by atomic mass is 9.95. The molecule has 0 bridgehead atoms. The third-order valence-corrected chi connectivity index (χ3v) is 4.21. The second-order valence-corrected chi connectivity index (χ2v) is 5.61. The molecule has 0 aliphatic heterocycles. The molecule has 2 aliphatic rings. The van der Waals surface area contributed by atoms with Gasteiger partial charge in [0.25, 0.3) is 0 Å². The lowest BCUT2D eigenvalue weighted by molar-refractivity contribution is -0.146. The molecule has 2 rings (SSSR count). The Balaban J connectivity index is 1.89. The lowest BCUT2D eigenvalue weighted by Crippen LogP contribution is -2.40. The number of hydrogen-bond acceptors (Lipinski definition) is 2. The Hall–Kier alpha value is -1.06. The fourth-order valence-electron chi connectivity index (χ4n) is 3.22. The predicted molar refractivity (Wildman–Crippen MR) is 63.4 cm³/mol. The van der Waals surface area contributed by atoms with Crippen LogP contribution in [0.1, 0.15) is 45.4 Å². The molecule has 0 radical (unpaired) electrons. The fraction of sp³-hybridized carbons (Fsp3) is 0.846. The van der Waals surface area contributed by atoms with E-state index >= 15 is 0 Å². The summed E-state index contributed by atoms with van der Waals surface area (Å²) in [7, 11) is 0. The minimum atomic E-state index is -0.817. The summed E-state index contributed by atoms with van der Waals surface area (Å²) < 4.78 is 0. The average Bonchev–Trinajstić information content (AvgIpc) is 2.86. The molecule has 2 aliphatic carbocycles. The number of hydrogen-bond donors (Lipinski definition) is 2. The third-order valence-electron chi connectivity index (χ3n) is 4.21. The molecule has 1 amide bonds. The van der Waals surface area contributed by atoms with Gasteiger partial charge in [0, 0.05) is 6.04 Å². The van der Waals surface area contributed by atoms with Gasteiger partial charge in [-0.15, -0.1) is 0 Å². The number of carboxylic acid groups (broad SMARTS) is 1. The average molecular weight is 239 g/mol. The Bertz CT molecular complexity index is 316. The Morgan fingerprint density at radius 1 is 1.12 bits per heavy atom. The molecule has 0 aromatic carbocycles. The van der Waals surface area contributed by atoms with E-state index in [1.54, 1.807) is 0 Å². The Labute approximate surface area is 102 Å². The van der Waals surface area contributed by atoms with Crippen LogP contribution < -0.4 is 5.32 Å². The van der Waals surface area contributed by atoms with E-state index in [2.05, 4.69) is 12.2 Å². The Kier molecular flexibility index (Phi) is 3.69. The van der Waals surface area contributed by atoms with Gasteiger partial charge in [-0.3, -0.25) is 9.59 Å². The normalized spacial score (nSPS) is 37.0. The Morgan fingerprint density at radius 2 is 1.82 bits per heavy atom. The van der Waals surface area contributed by atoms with Crippen LogP contribution in [-0.2, 0) is 9.59 Å². The van der Waals surface area contributed by atoms with Crippen LogP contribution in [0.25, 0.3) is 0 Å². The zero-order valence-electron chi connectivity index (χ0n) is 10.3. The second-order valence-electron chi connectivity index (χ2n) is 5.61. The van der Waals surface area contributed by atoms with Crippen LogP contribution in [0.2, 0.25) is 0 Å². The van der Waals surface area contributed by atoms with Gasteiger partial charge in [0.15, 0.2) is 0 Å². The quantitative estimate of drug-likeness (QED) is 0.789. The van der Waals surface area contributed by atoms with Crippen LogP contribution in [-0.4, -0.2) is 23.0 Å². The van der Waals surface area contributed by atoms with Crippen LogP contribution in [0.5, 0.6) is 0 Å². The van der Waals surface area contributed by atoms with Crippen molar-refractivity contribution in [2.24, 2.45) is 17.8 Å². The standard InChI is InChI=1S/C13H21NO3/c1-8-5-6-9(7-8)14-12(15)10-3-2-4-11(10)13(16)17/h8-11H,2-7H2,1H3,(H,14,15)(H,16,17). The first-order valence-electron chi connectivity index (χ1n) is 6.61. The molecule has 96 valence electrons. The molecule has 0 aromatic rings. The topological polar surface area (TPSA) is 66.4 Å². The highest BCUT2D eigenvalue weighted by molar-refractivity contribution is 5.85. The number of amides is 1. The molecule has 0 saturated heterocycles. The van der Waals surface area contributed by atoms with Gasteiger partial charge in [-0.25, -0.2) is 0 Å². The van der Waals surface area contributed by atoms with Crippen molar-refractivity contribution in [3.05, 3.63) is 0 Å². The number of carboxylic acids is 1. The summed E-state index contributed by atoms with van der Waals surface area (Å²) in [5.41, 5.74) is 0. The Morgan fingerprint density at radius 3 is 2.41 bits per heavy atom. The molecule has 4 unspecified atom stereocenters. The number of nitrogens with one attached hydrogen (secondary N) is 1. The SMILES string of the molecule is CC1CCC(NC(=O)C2CCCC2C(=O)O)C1. The minimum Gasteiger partial charge on any atom is -0.481 e. The van der Waals surface area contributed by atoms with Crippen molar-refractivity contribution in [3.63, 3.8) is 0 Å². The molecule has 4 heteroatoms. The molecule has 17 heavy (non-hydrogen) atoms. The molecule has 0 aromatic heterocycles. The summed E-state index contributed by atoms with van der Waals surface area (Å²) in [4.78, 5) is 23.1. The van der Waals surface area contributed by atoms with E-state index in [-0.39, 0.29) is 17.9 Å². The molecular formula is C13H21NO3. The van der Waals surface area contributed by atoms with Crippen molar-refractivity contribution in [2.75, 3.05) is 0 Å². The zero-order valence-corrected chi connectivity index (χ0v) is 10.3. The van der Waals surface area contributed by atoms with Crippen molar-refractivity contribution in [1.82, 2.24) is 5.32 Å². The number of carbonyl (C=O) groups excluding carboxylic acids is 1. The third kappa shape index (κ3) is 2.79. The molecule has 2 saturated carbocycles. The highest BCUT2D eigenvalue weighted by Crippen LogP contribution is 2.33. The van der Waals surface area contributed by atoms with Crippen molar-refractivity contribution < 1.29 is 14.7 Å². The van der Waals surface area contributed by atoms with E-state index in [1.165, 1.54) is 0 Å². The lowest BCUT2D eigenvalue weighted by Gasteiger charge is -2.19. The van der Waals surface area contributed by atoms with Gasteiger partial charge in [0.1, 0.15) is 0 Å². The minimum absolute atomic E-state index is 0.0333. The first kappa shape index (κ1) is 12.4. The van der Waals surface area contributed by atoms with Crippen LogP contribution in [0, 0.1) is 17.8 Å². The summed E-state index contributed by atoms with van der Waals surface area (Å²) in [6.07, 6.45) is 5.47. The van der Waals surface area contributed by atoms with Crippen molar-refractivity contribution in [1.29, 1.82) is 0 Å². The van der Waals surface area contributed by atoms with E-state index in [9.17, 15) is 9.59 Å². The van der Waals surface area contributed by atoms with Crippen LogP contribution >= 0.6 is 0 Å². The van der Waals surface area contributed by atoms with Gasteiger partial charge in [-0.1, -0.05) is 13.3 Å². The monoisotopic (exact) mass is 239 g/mol. The maximum Gasteiger partial charge on any atom is 0.307 e. The molecule has 0 heterocycles. The van der Waals surface area contributed by atoms with Gasteiger partial charge < -0.3 is 10.4 Å². The first-order chi connectivity index (χ1) is 8.08. The molecule has 0 spiro atoms. The molecule has 2 N–H and O–H groups in total. The molecule has 2 fully saturated rings. The van der Waals surface area contributed by atoms with Crippen LogP contribution in [0.3, 0.4) is 0 Å². The van der Waals surface area contributed by atoms with E-state index in [0.717, 1.165) is 32.1 Å². The number of aliphatic carboxylic acids is 1. The smallest absolute Gasteiger partial charge is 0.307 e. The highest BCUT2D eigenvalue weighted by Gasteiger charge is 2.38. The van der Waals surface area contributed by atoms with Gasteiger partial charge in [-0.2, -0.15) is 0 Å². The second kappa shape index (κ2) is 5.07. The number of rotatable bonds is 3. The molecule has 4 atom stereocenters. The highest BCUT2D eigenvalue weighted by atomic mass is 16.4. The largest absolute Gasteiger partial charge is 0.481 e. The van der Waals surface area contributed by atoms with E-state index in [0.29, 0.717) is 12.3 Å². The van der Waals surface area contributed by atoms with Crippen molar-refractivity contribution in [2.45, 2.75) is 51.5 Å². The summed E-state index contributed by atoms with van der Waals surface area (Å²) >= 11 is 0. The predicted octanol–water partition coefficient (Wildman–Crippen LogP) is 1.79. The molecular weight excluding hydrogens is 218 g/mol. The summed E-state index contributed by atoms with van der Waals surface area (Å²) in [5.74, 6) is -0.937. The van der Waals surface area contributed by atoms with Crippen molar-refractivity contribution in [3.8, 4) is 0 Å². The fourth-order valence-corrected chi connectivity index (χ4v) is 3.22. The van der Waals surface area contributed by atoms with Crippen LogP contribution in [0.4, 0.5) is 0 Å². The summed E-state index contributed by atoms with van der Waals surface area (Å²) in [6.45, 7) is 2.20. The van der Waals surface area contributed by atoms with Gasteiger partial charge in [0.2, 0.25) is 5.91 Å². The van der Waals surface area contributed by atoms with Gasteiger partial charge in [-0.05, 0) is 38.0 Å². The van der Waals surface area contributed by atoms with E-state index < -0.39 is 11.9 Å². The van der Waals surface area contributed by atoms with Gasteiger partial charge in [0.05, 0.1) is 11.8 Å². The van der Waals surface area contributed by atoms with Gasteiger partial charge >= 0.3 is 5.97 Å². The first-order valence-corrected chi connectivity index (χ1v) is 6.61. The maximum atomic E-state index is 12.0. The number of carbonyl (C=O) groups is 2. The van der Waals surface area contributed by atoms with Crippen molar-refractivity contribution >= 4 is 11.9 Å². The van der Waals surface area contributed by atoms with Crippen LogP contribution in [0.15, 0.2) is 0 Å². The van der Waals surface area contributed by atoms with E-state index in [4.69, 9.17) is 5.11 Å². The maximum absolute atomic E-state index is 12.0. The molecule has 4 nitrogen and oxygen atoms in total. The van der Waals surface area contributed by atoms with E-state index in [1.807, 2.05) is 0 Å². The summed E-state index contributed by atoms with van der Waals surface area (Å²) in [6, 6.07) is 0.271. The summed E-state index contributed by atoms with van der Waals surface area (Å²) in [5, 5.41) is 12.1. The zero-order chi connectivity index (χ0) is 12.4.